The SMILES string of the molecule is CC(C)(C)OC(=O)Nc1cc(Br)ccc1/C=C/C=O. The number of ether oxygens (including phenoxy) is 1. The third-order valence-electron chi connectivity index (χ3n) is 2.01. The van der Waals surface area contributed by atoms with Crippen molar-refractivity contribution in [3.63, 3.8) is 0 Å². The summed E-state index contributed by atoms with van der Waals surface area (Å²) >= 11 is 3.33. The molecule has 0 aliphatic carbocycles. The summed E-state index contributed by atoms with van der Waals surface area (Å²) in [7, 11) is 0. The molecule has 0 unspecified atom stereocenters. The lowest BCUT2D eigenvalue weighted by atomic mass is 10.1. The Morgan fingerprint density at radius 2 is 2.05 bits per heavy atom. The zero-order valence-electron chi connectivity index (χ0n) is 11.1. The van der Waals surface area contributed by atoms with Crippen LogP contribution in [0.25, 0.3) is 6.08 Å². The highest BCUT2D eigenvalue weighted by atomic mass is 79.9. The second kappa shape index (κ2) is 6.52. The van der Waals surface area contributed by atoms with Gasteiger partial charge in [-0.1, -0.05) is 22.0 Å². The average Bonchev–Trinajstić information content (AvgIpc) is 2.25. The van der Waals surface area contributed by atoms with Gasteiger partial charge in [0.1, 0.15) is 11.9 Å². The van der Waals surface area contributed by atoms with Crippen molar-refractivity contribution in [2.75, 3.05) is 5.32 Å². The fraction of sp³-hybridized carbons (Fsp3) is 0.286. The van der Waals surface area contributed by atoms with E-state index >= 15 is 0 Å². The van der Waals surface area contributed by atoms with Gasteiger partial charge >= 0.3 is 6.09 Å². The second-order valence-electron chi connectivity index (χ2n) is 4.85. The molecule has 0 aliphatic heterocycles. The van der Waals surface area contributed by atoms with Crippen LogP contribution in [0, 0.1) is 0 Å². The third kappa shape index (κ3) is 5.70. The molecule has 1 amide bonds. The van der Waals surface area contributed by atoms with Gasteiger partial charge in [0.25, 0.3) is 0 Å². The Kier molecular flexibility index (Phi) is 5.30. The lowest BCUT2D eigenvalue weighted by Crippen LogP contribution is -2.27. The molecule has 1 aromatic rings. The first-order valence-corrected chi connectivity index (χ1v) is 6.52. The molecule has 0 bridgehead atoms. The lowest BCUT2D eigenvalue weighted by molar-refractivity contribution is -0.104. The van der Waals surface area contributed by atoms with Crippen molar-refractivity contribution in [2.45, 2.75) is 26.4 Å². The molecule has 0 spiro atoms. The summed E-state index contributed by atoms with van der Waals surface area (Å²) in [4.78, 5) is 22.1. The predicted molar refractivity (Wildman–Crippen MR) is 79.1 cm³/mol. The summed E-state index contributed by atoms with van der Waals surface area (Å²) in [6.45, 7) is 5.38. The van der Waals surface area contributed by atoms with Crippen molar-refractivity contribution in [1.29, 1.82) is 0 Å². The van der Waals surface area contributed by atoms with E-state index in [-0.39, 0.29) is 0 Å². The highest BCUT2D eigenvalue weighted by molar-refractivity contribution is 9.10. The van der Waals surface area contributed by atoms with Crippen molar-refractivity contribution in [2.24, 2.45) is 0 Å². The van der Waals surface area contributed by atoms with E-state index in [0.717, 1.165) is 10.0 Å². The van der Waals surface area contributed by atoms with Gasteiger partial charge in [-0.25, -0.2) is 4.79 Å². The zero-order chi connectivity index (χ0) is 14.5. The van der Waals surface area contributed by atoms with Gasteiger partial charge in [-0.3, -0.25) is 10.1 Å². The Hall–Kier alpha value is -1.62. The van der Waals surface area contributed by atoms with Crippen molar-refractivity contribution < 1.29 is 14.3 Å². The molecular weight excluding hydrogens is 310 g/mol. The van der Waals surface area contributed by atoms with Crippen molar-refractivity contribution in [3.8, 4) is 0 Å². The lowest BCUT2D eigenvalue weighted by Gasteiger charge is -2.20. The molecule has 5 heteroatoms. The van der Waals surface area contributed by atoms with E-state index < -0.39 is 11.7 Å². The van der Waals surface area contributed by atoms with E-state index in [4.69, 9.17) is 4.74 Å². The minimum absolute atomic E-state index is 0.536. The van der Waals surface area contributed by atoms with Gasteiger partial charge in [-0.05, 0) is 50.6 Å². The van der Waals surface area contributed by atoms with Gasteiger partial charge in [0.05, 0.1) is 5.69 Å². The van der Waals surface area contributed by atoms with Gasteiger partial charge in [0.2, 0.25) is 0 Å². The molecule has 0 aliphatic rings. The molecule has 0 saturated heterocycles. The molecule has 0 fully saturated rings. The number of aldehydes is 1. The number of carbonyl (C=O) groups is 2. The number of hydrogen-bond acceptors (Lipinski definition) is 3. The number of allylic oxidation sites excluding steroid dienone is 1. The van der Waals surface area contributed by atoms with Crippen LogP contribution in [0.2, 0.25) is 0 Å². The molecule has 0 radical (unpaired) electrons. The number of rotatable bonds is 3. The minimum atomic E-state index is -0.561. The molecule has 1 rings (SSSR count). The number of amides is 1. The molecule has 0 heterocycles. The van der Waals surface area contributed by atoms with E-state index in [1.165, 1.54) is 6.08 Å². The normalized spacial score (nSPS) is 11.4. The average molecular weight is 326 g/mol. The Morgan fingerprint density at radius 1 is 1.37 bits per heavy atom. The van der Waals surface area contributed by atoms with Gasteiger partial charge in [-0.2, -0.15) is 0 Å². The number of nitrogens with one attached hydrogen (secondary N) is 1. The standard InChI is InChI=1S/C14H16BrNO3/c1-14(2,3)19-13(18)16-12-9-11(15)7-6-10(12)5-4-8-17/h4-9H,1-3H3,(H,16,18)/b5-4+. The van der Waals surface area contributed by atoms with Crippen LogP contribution in [0.1, 0.15) is 26.3 Å². The van der Waals surface area contributed by atoms with Crippen LogP contribution in [-0.2, 0) is 9.53 Å². The maximum absolute atomic E-state index is 11.7. The van der Waals surface area contributed by atoms with Crippen molar-refractivity contribution >= 4 is 40.1 Å². The first kappa shape index (κ1) is 15.4. The van der Waals surface area contributed by atoms with Gasteiger partial charge in [0, 0.05) is 4.47 Å². The maximum Gasteiger partial charge on any atom is 0.412 e. The molecule has 0 saturated carbocycles. The number of carbonyl (C=O) groups excluding carboxylic acids is 2. The first-order valence-electron chi connectivity index (χ1n) is 5.73. The fourth-order valence-electron chi connectivity index (χ4n) is 1.34. The summed E-state index contributed by atoms with van der Waals surface area (Å²) in [6, 6.07) is 5.36. The van der Waals surface area contributed by atoms with Crippen LogP contribution in [0.5, 0.6) is 0 Å². The zero-order valence-corrected chi connectivity index (χ0v) is 12.7. The number of benzene rings is 1. The highest BCUT2D eigenvalue weighted by Crippen LogP contribution is 2.23. The van der Waals surface area contributed by atoms with Crippen LogP contribution in [-0.4, -0.2) is 18.0 Å². The molecule has 1 N–H and O–H groups in total. The predicted octanol–water partition coefficient (Wildman–Crippen LogP) is 4.01. The highest BCUT2D eigenvalue weighted by Gasteiger charge is 2.16. The Morgan fingerprint density at radius 3 is 2.63 bits per heavy atom. The van der Waals surface area contributed by atoms with E-state index in [0.29, 0.717) is 12.0 Å². The number of hydrogen-bond donors (Lipinski definition) is 1. The number of anilines is 1. The molecule has 0 atom stereocenters. The summed E-state index contributed by atoms with van der Waals surface area (Å²) in [5.41, 5.74) is 0.734. The van der Waals surface area contributed by atoms with Crippen molar-refractivity contribution in [3.05, 3.63) is 34.3 Å². The molecular formula is C14H16BrNO3. The maximum atomic E-state index is 11.7. The monoisotopic (exact) mass is 325 g/mol. The number of halogens is 1. The fourth-order valence-corrected chi connectivity index (χ4v) is 1.70. The summed E-state index contributed by atoms with van der Waals surface area (Å²) in [5, 5.41) is 2.66. The van der Waals surface area contributed by atoms with Crippen LogP contribution in [0.3, 0.4) is 0 Å². The Balaban J connectivity index is 2.92. The van der Waals surface area contributed by atoms with Gasteiger partial charge < -0.3 is 4.74 Å². The van der Waals surface area contributed by atoms with Crippen LogP contribution >= 0.6 is 15.9 Å². The van der Waals surface area contributed by atoms with Gasteiger partial charge in [-0.15, -0.1) is 0 Å². The Labute approximate surface area is 121 Å². The van der Waals surface area contributed by atoms with Crippen LogP contribution in [0.15, 0.2) is 28.7 Å². The molecule has 19 heavy (non-hydrogen) atoms. The van der Waals surface area contributed by atoms with Gasteiger partial charge in [0.15, 0.2) is 0 Å². The minimum Gasteiger partial charge on any atom is -0.444 e. The topological polar surface area (TPSA) is 55.4 Å². The van der Waals surface area contributed by atoms with E-state index in [1.54, 1.807) is 39.0 Å². The summed E-state index contributed by atoms with van der Waals surface area (Å²) in [6.07, 6.45) is 3.13. The molecule has 4 nitrogen and oxygen atoms in total. The Bertz CT molecular complexity index is 504. The smallest absolute Gasteiger partial charge is 0.412 e. The van der Waals surface area contributed by atoms with E-state index in [1.807, 2.05) is 6.07 Å². The van der Waals surface area contributed by atoms with Crippen LogP contribution in [0.4, 0.5) is 10.5 Å². The largest absolute Gasteiger partial charge is 0.444 e. The van der Waals surface area contributed by atoms with Crippen LogP contribution < -0.4 is 5.32 Å². The summed E-state index contributed by atoms with van der Waals surface area (Å²) < 4.78 is 6.00. The van der Waals surface area contributed by atoms with Crippen molar-refractivity contribution in [1.82, 2.24) is 0 Å². The molecule has 1 aromatic carbocycles. The molecule has 102 valence electrons. The van der Waals surface area contributed by atoms with E-state index in [9.17, 15) is 9.59 Å². The quantitative estimate of drug-likeness (QED) is 0.674. The first-order chi connectivity index (χ1) is 8.81. The third-order valence-corrected chi connectivity index (χ3v) is 2.50. The second-order valence-corrected chi connectivity index (χ2v) is 5.77. The molecule has 0 aromatic heterocycles. The summed E-state index contributed by atoms with van der Waals surface area (Å²) in [5.74, 6) is 0. The van der Waals surface area contributed by atoms with E-state index in [2.05, 4.69) is 21.2 Å².